The van der Waals surface area contributed by atoms with E-state index in [1.54, 1.807) is 7.11 Å². The molecular weight excluding hydrogens is 226 g/mol. The number of nitrogens with two attached hydrogens (primary N) is 1. The van der Waals surface area contributed by atoms with Crippen molar-refractivity contribution in [3.8, 4) is 0 Å². The van der Waals surface area contributed by atoms with Gasteiger partial charge >= 0.3 is 0 Å². The van der Waals surface area contributed by atoms with Gasteiger partial charge in [0, 0.05) is 13.2 Å². The van der Waals surface area contributed by atoms with E-state index in [4.69, 9.17) is 10.5 Å². The van der Waals surface area contributed by atoms with Gasteiger partial charge in [0.25, 0.3) is 0 Å². The Balaban J connectivity index is 2.77. The summed E-state index contributed by atoms with van der Waals surface area (Å²) in [6.07, 6.45) is 2.68. The third kappa shape index (κ3) is 4.03. The zero-order chi connectivity index (χ0) is 13.8. The molecule has 0 aromatic carbocycles. The molecule has 0 saturated carbocycles. The summed E-state index contributed by atoms with van der Waals surface area (Å²) in [6.45, 7) is 8.18. The maximum atomic E-state index is 6.28. The van der Waals surface area contributed by atoms with Crippen LogP contribution in [0.25, 0.3) is 0 Å². The van der Waals surface area contributed by atoms with E-state index in [1.807, 2.05) is 6.92 Å². The van der Waals surface area contributed by atoms with E-state index in [2.05, 4.69) is 37.0 Å². The number of methoxy groups -OCH3 is 1. The van der Waals surface area contributed by atoms with E-state index in [0.717, 1.165) is 36.2 Å². The Morgan fingerprint density at radius 1 is 1.39 bits per heavy atom. The molecule has 102 valence electrons. The van der Waals surface area contributed by atoms with Crippen LogP contribution in [0.15, 0.2) is 6.07 Å². The molecule has 4 heteroatoms. The molecule has 0 saturated heterocycles. The maximum absolute atomic E-state index is 6.28. The van der Waals surface area contributed by atoms with Crippen LogP contribution in [-0.4, -0.2) is 22.9 Å². The fourth-order valence-corrected chi connectivity index (χ4v) is 1.89. The standard InChI is InChI=1S/C14H25N3O/c1-6-13-11(9-10(2)16-17-13)12(15)7-8-14(3,4)18-5/h9,12H,6-8,15H2,1-5H3. The predicted molar refractivity (Wildman–Crippen MR) is 73.4 cm³/mol. The van der Waals surface area contributed by atoms with Crippen LogP contribution in [0.2, 0.25) is 0 Å². The highest BCUT2D eigenvalue weighted by Crippen LogP contribution is 2.24. The Morgan fingerprint density at radius 2 is 2.06 bits per heavy atom. The molecule has 0 aliphatic rings. The highest BCUT2D eigenvalue weighted by atomic mass is 16.5. The summed E-state index contributed by atoms with van der Waals surface area (Å²) in [5.74, 6) is 0. The van der Waals surface area contributed by atoms with Gasteiger partial charge in [-0.2, -0.15) is 10.2 Å². The van der Waals surface area contributed by atoms with Gasteiger partial charge < -0.3 is 10.5 Å². The van der Waals surface area contributed by atoms with E-state index in [-0.39, 0.29) is 11.6 Å². The summed E-state index contributed by atoms with van der Waals surface area (Å²) < 4.78 is 5.42. The largest absolute Gasteiger partial charge is 0.379 e. The molecule has 0 fully saturated rings. The van der Waals surface area contributed by atoms with Crippen LogP contribution in [0.5, 0.6) is 0 Å². The number of rotatable bonds is 6. The van der Waals surface area contributed by atoms with Crippen LogP contribution in [0.1, 0.15) is 56.6 Å². The lowest BCUT2D eigenvalue weighted by atomic mass is 9.94. The molecule has 18 heavy (non-hydrogen) atoms. The summed E-state index contributed by atoms with van der Waals surface area (Å²) in [4.78, 5) is 0. The number of aryl methyl sites for hydroxylation is 2. The second kappa shape index (κ2) is 6.25. The third-order valence-electron chi connectivity index (χ3n) is 3.37. The topological polar surface area (TPSA) is 61.0 Å². The summed E-state index contributed by atoms with van der Waals surface area (Å²) in [6, 6.07) is 2.06. The highest BCUT2D eigenvalue weighted by molar-refractivity contribution is 5.24. The fourth-order valence-electron chi connectivity index (χ4n) is 1.89. The van der Waals surface area contributed by atoms with Crippen molar-refractivity contribution in [1.82, 2.24) is 10.2 Å². The third-order valence-corrected chi connectivity index (χ3v) is 3.37. The Labute approximate surface area is 110 Å². The first-order valence-electron chi connectivity index (χ1n) is 6.53. The first-order chi connectivity index (χ1) is 8.39. The van der Waals surface area contributed by atoms with Gasteiger partial charge in [0.2, 0.25) is 0 Å². The van der Waals surface area contributed by atoms with Crippen molar-refractivity contribution >= 4 is 0 Å². The molecule has 1 aromatic heterocycles. The van der Waals surface area contributed by atoms with Crippen molar-refractivity contribution in [3.63, 3.8) is 0 Å². The van der Waals surface area contributed by atoms with E-state index in [1.165, 1.54) is 0 Å². The maximum Gasteiger partial charge on any atom is 0.0676 e. The Bertz CT molecular complexity index is 391. The van der Waals surface area contributed by atoms with Crippen LogP contribution in [-0.2, 0) is 11.2 Å². The molecule has 0 bridgehead atoms. The number of nitrogens with zero attached hydrogens (tertiary/aromatic N) is 2. The Kier molecular flexibility index (Phi) is 5.23. The number of hydrogen-bond donors (Lipinski definition) is 1. The average molecular weight is 251 g/mol. The molecule has 2 N–H and O–H groups in total. The first-order valence-corrected chi connectivity index (χ1v) is 6.53. The van der Waals surface area contributed by atoms with Crippen LogP contribution in [0, 0.1) is 6.92 Å². The molecular formula is C14H25N3O. The van der Waals surface area contributed by atoms with Gasteiger partial charge in [0.1, 0.15) is 0 Å². The van der Waals surface area contributed by atoms with Crippen molar-refractivity contribution in [2.75, 3.05) is 7.11 Å². The molecule has 1 rings (SSSR count). The van der Waals surface area contributed by atoms with Gasteiger partial charge in [-0.1, -0.05) is 6.92 Å². The lowest BCUT2D eigenvalue weighted by Crippen LogP contribution is -2.25. The summed E-state index contributed by atoms with van der Waals surface area (Å²) >= 11 is 0. The smallest absolute Gasteiger partial charge is 0.0676 e. The summed E-state index contributed by atoms with van der Waals surface area (Å²) in [5.41, 5.74) is 9.20. The molecule has 0 aliphatic heterocycles. The summed E-state index contributed by atoms with van der Waals surface area (Å²) in [5, 5.41) is 8.31. The second-order valence-electron chi connectivity index (χ2n) is 5.35. The molecule has 1 aromatic rings. The van der Waals surface area contributed by atoms with Crippen molar-refractivity contribution in [1.29, 1.82) is 0 Å². The van der Waals surface area contributed by atoms with Gasteiger partial charge in [-0.3, -0.25) is 0 Å². The molecule has 1 heterocycles. The van der Waals surface area contributed by atoms with Crippen molar-refractivity contribution in [3.05, 3.63) is 23.0 Å². The quantitative estimate of drug-likeness (QED) is 0.844. The summed E-state index contributed by atoms with van der Waals surface area (Å²) in [7, 11) is 1.74. The molecule has 0 spiro atoms. The average Bonchev–Trinajstić information content (AvgIpc) is 2.36. The van der Waals surface area contributed by atoms with E-state index in [9.17, 15) is 0 Å². The first kappa shape index (κ1) is 15.1. The molecule has 0 amide bonds. The lowest BCUT2D eigenvalue weighted by Gasteiger charge is -2.25. The van der Waals surface area contributed by atoms with E-state index >= 15 is 0 Å². The van der Waals surface area contributed by atoms with E-state index in [0.29, 0.717) is 0 Å². The lowest BCUT2D eigenvalue weighted by molar-refractivity contribution is 0.0124. The minimum Gasteiger partial charge on any atom is -0.379 e. The SMILES string of the molecule is CCc1nnc(C)cc1C(N)CCC(C)(C)OC. The predicted octanol–water partition coefficient (Wildman–Crippen LogP) is 2.55. The molecule has 1 atom stereocenters. The fraction of sp³-hybridized carbons (Fsp3) is 0.714. The number of ether oxygens (including phenoxy) is 1. The van der Waals surface area contributed by atoms with Gasteiger partial charge in [-0.05, 0) is 51.7 Å². The second-order valence-corrected chi connectivity index (χ2v) is 5.35. The van der Waals surface area contributed by atoms with Crippen molar-refractivity contribution < 1.29 is 4.74 Å². The zero-order valence-corrected chi connectivity index (χ0v) is 12.2. The van der Waals surface area contributed by atoms with Gasteiger partial charge in [0.15, 0.2) is 0 Å². The van der Waals surface area contributed by atoms with Crippen molar-refractivity contribution in [2.24, 2.45) is 5.73 Å². The zero-order valence-electron chi connectivity index (χ0n) is 12.2. The van der Waals surface area contributed by atoms with Gasteiger partial charge in [-0.25, -0.2) is 0 Å². The monoisotopic (exact) mass is 251 g/mol. The minimum atomic E-state index is -0.125. The Hall–Kier alpha value is -1.00. The molecule has 0 radical (unpaired) electrons. The van der Waals surface area contributed by atoms with Crippen LogP contribution >= 0.6 is 0 Å². The normalized spacial score (nSPS) is 13.7. The Morgan fingerprint density at radius 3 is 2.61 bits per heavy atom. The molecule has 0 aliphatic carbocycles. The van der Waals surface area contributed by atoms with E-state index < -0.39 is 0 Å². The van der Waals surface area contributed by atoms with Gasteiger partial charge in [0.05, 0.1) is 17.0 Å². The highest BCUT2D eigenvalue weighted by Gasteiger charge is 2.20. The number of hydrogen-bond acceptors (Lipinski definition) is 4. The minimum absolute atomic E-state index is 0.00331. The van der Waals surface area contributed by atoms with Crippen LogP contribution in [0.3, 0.4) is 0 Å². The van der Waals surface area contributed by atoms with Gasteiger partial charge in [-0.15, -0.1) is 0 Å². The van der Waals surface area contributed by atoms with Crippen LogP contribution < -0.4 is 5.73 Å². The number of aromatic nitrogens is 2. The van der Waals surface area contributed by atoms with Crippen LogP contribution in [0.4, 0.5) is 0 Å². The van der Waals surface area contributed by atoms with Crippen molar-refractivity contribution in [2.45, 2.75) is 58.6 Å². The molecule has 1 unspecified atom stereocenters. The molecule has 4 nitrogen and oxygen atoms in total.